The average molecular weight is 327 g/mol. The lowest BCUT2D eigenvalue weighted by Crippen LogP contribution is -2.26. The van der Waals surface area contributed by atoms with Crippen molar-refractivity contribution < 1.29 is 13.5 Å². The molecule has 0 aliphatic carbocycles. The maximum absolute atomic E-state index is 12.7. The van der Waals surface area contributed by atoms with Crippen LogP contribution in [-0.4, -0.2) is 24.9 Å². The van der Waals surface area contributed by atoms with E-state index in [-0.39, 0.29) is 10.6 Å². The fraction of sp³-hybridized carbons (Fsp3) is 0.111. The van der Waals surface area contributed by atoms with Gasteiger partial charge < -0.3 is 5.11 Å². The molecule has 5 heteroatoms. The second kappa shape index (κ2) is 6.02. The molecule has 0 radical (unpaired) electrons. The molecule has 3 rings (SSSR count). The summed E-state index contributed by atoms with van der Waals surface area (Å²) in [5, 5.41) is 11.1. The first-order valence-corrected chi connectivity index (χ1v) is 8.64. The molecule has 118 valence electrons. The number of benzene rings is 3. The zero-order valence-corrected chi connectivity index (χ0v) is 13.5. The van der Waals surface area contributed by atoms with Gasteiger partial charge in [0.2, 0.25) is 10.0 Å². The van der Waals surface area contributed by atoms with Gasteiger partial charge in [0.25, 0.3) is 0 Å². The fourth-order valence-electron chi connectivity index (χ4n) is 2.51. The van der Waals surface area contributed by atoms with Crippen LogP contribution in [0.25, 0.3) is 10.8 Å². The summed E-state index contributed by atoms with van der Waals surface area (Å²) in [7, 11) is -2.03. The Morgan fingerprint density at radius 3 is 2.43 bits per heavy atom. The van der Waals surface area contributed by atoms with E-state index in [0.29, 0.717) is 17.3 Å². The van der Waals surface area contributed by atoms with Crippen molar-refractivity contribution in [1.29, 1.82) is 0 Å². The number of aromatic hydroxyl groups is 1. The van der Waals surface area contributed by atoms with Crippen molar-refractivity contribution in [3.63, 3.8) is 0 Å². The molecule has 0 saturated heterocycles. The molecule has 0 saturated carbocycles. The van der Waals surface area contributed by atoms with Gasteiger partial charge >= 0.3 is 0 Å². The van der Waals surface area contributed by atoms with Crippen LogP contribution in [-0.2, 0) is 16.6 Å². The van der Waals surface area contributed by atoms with Crippen LogP contribution in [0.5, 0.6) is 5.75 Å². The summed E-state index contributed by atoms with van der Waals surface area (Å²) in [5.41, 5.74) is 0.928. The Kier molecular flexibility index (Phi) is 4.07. The molecule has 0 fully saturated rings. The van der Waals surface area contributed by atoms with Gasteiger partial charge in [0.05, 0.1) is 4.90 Å². The third-order valence-corrected chi connectivity index (χ3v) is 5.58. The fourth-order valence-corrected chi connectivity index (χ4v) is 3.71. The van der Waals surface area contributed by atoms with E-state index in [2.05, 4.69) is 0 Å². The van der Waals surface area contributed by atoms with Gasteiger partial charge in [-0.15, -0.1) is 0 Å². The van der Waals surface area contributed by atoms with Crippen LogP contribution >= 0.6 is 0 Å². The minimum atomic E-state index is -3.59. The lowest BCUT2D eigenvalue weighted by Gasteiger charge is -2.17. The van der Waals surface area contributed by atoms with Gasteiger partial charge in [0, 0.05) is 19.0 Å². The molecule has 3 aromatic rings. The number of sulfonamides is 1. The molecule has 4 nitrogen and oxygen atoms in total. The van der Waals surface area contributed by atoms with E-state index in [9.17, 15) is 13.5 Å². The molecular weight excluding hydrogens is 310 g/mol. The van der Waals surface area contributed by atoms with Crippen LogP contribution in [0.1, 0.15) is 5.56 Å². The van der Waals surface area contributed by atoms with Gasteiger partial charge in [-0.05, 0) is 35.2 Å². The van der Waals surface area contributed by atoms with Crippen molar-refractivity contribution in [2.45, 2.75) is 11.4 Å². The third-order valence-electron chi connectivity index (χ3n) is 3.79. The highest BCUT2D eigenvalue weighted by Gasteiger charge is 2.21. The summed E-state index contributed by atoms with van der Waals surface area (Å²) in [4.78, 5) is 0.217. The topological polar surface area (TPSA) is 57.6 Å². The van der Waals surface area contributed by atoms with Crippen LogP contribution < -0.4 is 0 Å². The Balaban J connectivity index is 1.96. The summed E-state index contributed by atoms with van der Waals surface area (Å²) in [6.45, 7) is 0.307. The predicted molar refractivity (Wildman–Crippen MR) is 90.7 cm³/mol. The Labute approximate surface area is 135 Å². The molecule has 0 bridgehead atoms. The maximum Gasteiger partial charge on any atom is 0.243 e. The second-order valence-electron chi connectivity index (χ2n) is 5.41. The summed E-state index contributed by atoms with van der Waals surface area (Å²) >= 11 is 0. The highest BCUT2D eigenvalue weighted by atomic mass is 32.2. The van der Waals surface area contributed by atoms with Gasteiger partial charge in [0.15, 0.2) is 0 Å². The van der Waals surface area contributed by atoms with Crippen molar-refractivity contribution in [1.82, 2.24) is 4.31 Å². The molecule has 0 unspecified atom stereocenters. The monoisotopic (exact) mass is 327 g/mol. The van der Waals surface area contributed by atoms with E-state index < -0.39 is 10.0 Å². The Hall–Kier alpha value is -2.37. The quantitative estimate of drug-likeness (QED) is 0.799. The number of rotatable bonds is 4. The number of hydrogen-bond acceptors (Lipinski definition) is 3. The number of phenolic OH excluding ortho intramolecular Hbond substituents is 1. The van der Waals surface area contributed by atoms with E-state index in [1.54, 1.807) is 37.4 Å². The smallest absolute Gasteiger partial charge is 0.243 e. The first-order valence-electron chi connectivity index (χ1n) is 7.20. The van der Waals surface area contributed by atoms with Gasteiger partial charge in [-0.3, -0.25) is 0 Å². The minimum absolute atomic E-state index is 0.143. The molecule has 0 amide bonds. The molecular formula is C18H17NO3S. The molecule has 0 aromatic heterocycles. The van der Waals surface area contributed by atoms with E-state index in [4.69, 9.17) is 0 Å². The van der Waals surface area contributed by atoms with Gasteiger partial charge in [-0.1, -0.05) is 42.5 Å². The van der Waals surface area contributed by atoms with E-state index in [1.807, 2.05) is 30.3 Å². The van der Waals surface area contributed by atoms with Crippen molar-refractivity contribution in [3.05, 3.63) is 72.3 Å². The largest absolute Gasteiger partial charge is 0.507 e. The van der Waals surface area contributed by atoms with Crippen LogP contribution in [0.15, 0.2) is 71.6 Å². The van der Waals surface area contributed by atoms with Gasteiger partial charge in [0.1, 0.15) is 5.75 Å². The molecule has 0 aliphatic rings. The number of phenols is 1. The molecule has 3 aromatic carbocycles. The highest BCUT2D eigenvalue weighted by molar-refractivity contribution is 7.89. The van der Waals surface area contributed by atoms with Crippen LogP contribution in [0.3, 0.4) is 0 Å². The molecule has 0 aliphatic heterocycles. The lowest BCUT2D eigenvalue weighted by atomic mass is 10.1. The minimum Gasteiger partial charge on any atom is -0.507 e. The SMILES string of the molecule is CN(Cc1ccccc1)S(=O)(=O)c1ccc2c(O)cccc2c1. The normalized spacial score (nSPS) is 11.9. The average Bonchev–Trinajstić information content (AvgIpc) is 2.55. The molecule has 0 spiro atoms. The van der Waals surface area contributed by atoms with Crippen molar-refractivity contribution in [2.24, 2.45) is 0 Å². The Bertz CT molecular complexity index is 937. The number of fused-ring (bicyclic) bond motifs is 1. The Morgan fingerprint density at radius 1 is 0.957 bits per heavy atom. The van der Waals surface area contributed by atoms with Crippen LogP contribution in [0.2, 0.25) is 0 Å². The molecule has 0 heterocycles. The van der Waals surface area contributed by atoms with E-state index >= 15 is 0 Å². The highest BCUT2D eigenvalue weighted by Crippen LogP contribution is 2.27. The van der Waals surface area contributed by atoms with Gasteiger partial charge in [-0.2, -0.15) is 4.31 Å². The third kappa shape index (κ3) is 3.06. The maximum atomic E-state index is 12.7. The molecule has 0 atom stereocenters. The molecule has 1 N–H and O–H groups in total. The summed E-state index contributed by atoms with van der Waals surface area (Å²) < 4.78 is 26.8. The Morgan fingerprint density at radius 2 is 1.70 bits per heavy atom. The van der Waals surface area contributed by atoms with Gasteiger partial charge in [-0.25, -0.2) is 8.42 Å². The van der Waals surface area contributed by atoms with Crippen molar-refractivity contribution >= 4 is 20.8 Å². The molecule has 23 heavy (non-hydrogen) atoms. The first-order chi connectivity index (χ1) is 11.0. The van der Waals surface area contributed by atoms with Crippen molar-refractivity contribution in [2.75, 3.05) is 7.05 Å². The zero-order chi connectivity index (χ0) is 16.4. The zero-order valence-electron chi connectivity index (χ0n) is 12.7. The van der Waals surface area contributed by atoms with Crippen LogP contribution in [0.4, 0.5) is 0 Å². The number of hydrogen-bond donors (Lipinski definition) is 1. The lowest BCUT2D eigenvalue weighted by molar-refractivity contribution is 0.466. The van der Waals surface area contributed by atoms with E-state index in [1.165, 1.54) is 10.4 Å². The summed E-state index contributed by atoms with van der Waals surface area (Å²) in [6.07, 6.45) is 0. The predicted octanol–water partition coefficient (Wildman–Crippen LogP) is 3.37. The summed E-state index contributed by atoms with van der Waals surface area (Å²) in [5.74, 6) is 0.143. The standard InChI is InChI=1S/C18H17NO3S/c1-19(13-14-6-3-2-4-7-14)23(21,22)16-10-11-17-15(12-16)8-5-9-18(17)20/h2-12,20H,13H2,1H3. The number of nitrogens with zero attached hydrogens (tertiary/aromatic N) is 1. The van der Waals surface area contributed by atoms with Crippen LogP contribution in [0, 0.1) is 0 Å². The second-order valence-corrected chi connectivity index (χ2v) is 7.45. The van der Waals surface area contributed by atoms with Crippen molar-refractivity contribution in [3.8, 4) is 5.75 Å². The first kappa shape index (κ1) is 15.5. The summed E-state index contributed by atoms with van der Waals surface area (Å²) in [6, 6.07) is 19.3. The van der Waals surface area contributed by atoms with E-state index in [0.717, 1.165) is 5.56 Å².